The van der Waals surface area contributed by atoms with Crippen LogP contribution in [0.1, 0.15) is 37.6 Å². The number of para-hydroxylation sites is 1. The fourth-order valence-corrected chi connectivity index (χ4v) is 3.65. The summed E-state index contributed by atoms with van der Waals surface area (Å²) >= 11 is 1.45. The lowest BCUT2D eigenvalue weighted by Crippen LogP contribution is -2.32. The van der Waals surface area contributed by atoms with Crippen LogP contribution in [0.5, 0.6) is 0 Å². The molecule has 29 heavy (non-hydrogen) atoms. The summed E-state index contributed by atoms with van der Waals surface area (Å²) in [5.41, 5.74) is 0.649. The number of thiazole rings is 1. The van der Waals surface area contributed by atoms with Crippen LogP contribution < -0.4 is 5.32 Å². The summed E-state index contributed by atoms with van der Waals surface area (Å²) in [6.45, 7) is 3.42. The SMILES string of the molecule is CC(C)OC(=O)CC(NC(=O)Cc1cn2ccsc2n1)c1ccccc1[N+](=O)[O-]. The first-order chi connectivity index (χ1) is 13.8. The van der Waals surface area contributed by atoms with Crippen molar-refractivity contribution < 1.29 is 19.2 Å². The van der Waals surface area contributed by atoms with Crippen molar-refractivity contribution in [2.75, 3.05) is 0 Å². The van der Waals surface area contributed by atoms with E-state index < -0.39 is 22.8 Å². The van der Waals surface area contributed by atoms with Gasteiger partial charge in [0, 0.05) is 23.8 Å². The van der Waals surface area contributed by atoms with Crippen LogP contribution in [0.2, 0.25) is 0 Å². The third-order valence-corrected chi connectivity index (χ3v) is 4.84. The van der Waals surface area contributed by atoms with E-state index in [1.807, 2.05) is 16.0 Å². The summed E-state index contributed by atoms with van der Waals surface area (Å²) in [7, 11) is 0. The number of rotatable bonds is 8. The molecular formula is C19H20N4O5S. The predicted molar refractivity (Wildman–Crippen MR) is 107 cm³/mol. The van der Waals surface area contributed by atoms with Crippen LogP contribution in [0, 0.1) is 10.1 Å². The molecule has 1 N–H and O–H groups in total. The van der Waals surface area contributed by atoms with Crippen molar-refractivity contribution in [1.29, 1.82) is 0 Å². The molecule has 0 spiro atoms. The number of aromatic nitrogens is 2. The number of esters is 1. The van der Waals surface area contributed by atoms with E-state index in [0.29, 0.717) is 5.69 Å². The smallest absolute Gasteiger partial charge is 0.308 e. The number of nitro benzene ring substituents is 1. The molecule has 0 bridgehead atoms. The number of benzene rings is 1. The Bertz CT molecular complexity index is 1010. The highest BCUT2D eigenvalue weighted by atomic mass is 32.1. The van der Waals surface area contributed by atoms with Gasteiger partial charge in [0.2, 0.25) is 5.91 Å². The molecule has 3 rings (SSSR count). The number of carbonyl (C=O) groups excluding carboxylic acids is 2. The molecule has 9 nitrogen and oxygen atoms in total. The molecule has 0 saturated carbocycles. The van der Waals surface area contributed by atoms with Crippen LogP contribution in [0.3, 0.4) is 0 Å². The molecule has 0 fully saturated rings. The molecule has 1 aromatic carbocycles. The summed E-state index contributed by atoms with van der Waals surface area (Å²) in [5, 5.41) is 16.0. The number of nitro groups is 1. The van der Waals surface area contributed by atoms with Crippen molar-refractivity contribution in [1.82, 2.24) is 14.7 Å². The summed E-state index contributed by atoms with van der Waals surface area (Å²) < 4.78 is 6.97. The minimum Gasteiger partial charge on any atom is -0.463 e. The number of fused-ring (bicyclic) bond motifs is 1. The zero-order valence-electron chi connectivity index (χ0n) is 15.9. The standard InChI is InChI=1S/C19H20N4O5S/c1-12(2)28-18(25)10-15(14-5-3-4-6-16(14)23(26)27)21-17(24)9-13-11-22-7-8-29-19(22)20-13/h3-8,11-12,15H,9-10H2,1-2H3,(H,21,24). The Labute approximate surface area is 170 Å². The Morgan fingerprint density at radius 3 is 2.79 bits per heavy atom. The van der Waals surface area contributed by atoms with E-state index in [1.165, 1.54) is 29.5 Å². The van der Waals surface area contributed by atoms with Gasteiger partial charge in [0.05, 0.1) is 41.2 Å². The molecule has 1 unspecified atom stereocenters. The first kappa shape index (κ1) is 20.5. The second-order valence-corrected chi connectivity index (χ2v) is 7.55. The van der Waals surface area contributed by atoms with Gasteiger partial charge in [0.15, 0.2) is 4.96 Å². The average molecular weight is 416 g/mol. The average Bonchev–Trinajstić information content (AvgIpc) is 3.21. The number of carbonyl (C=O) groups is 2. The molecule has 10 heteroatoms. The maximum atomic E-state index is 12.6. The molecule has 2 heterocycles. The van der Waals surface area contributed by atoms with Gasteiger partial charge in [-0.05, 0) is 13.8 Å². The van der Waals surface area contributed by atoms with Crippen LogP contribution in [-0.2, 0) is 20.7 Å². The fraction of sp³-hybridized carbons (Fsp3) is 0.316. The van der Waals surface area contributed by atoms with Gasteiger partial charge in [-0.3, -0.25) is 24.1 Å². The van der Waals surface area contributed by atoms with Crippen LogP contribution in [0.25, 0.3) is 4.96 Å². The summed E-state index contributed by atoms with van der Waals surface area (Å²) in [6, 6.07) is 5.13. The van der Waals surface area contributed by atoms with Crippen LogP contribution in [0.15, 0.2) is 42.0 Å². The van der Waals surface area contributed by atoms with Gasteiger partial charge in [-0.2, -0.15) is 0 Å². The highest BCUT2D eigenvalue weighted by molar-refractivity contribution is 7.15. The molecule has 2 aromatic heterocycles. The normalized spacial score (nSPS) is 12.1. The van der Waals surface area contributed by atoms with Gasteiger partial charge in [-0.25, -0.2) is 4.98 Å². The van der Waals surface area contributed by atoms with Crippen molar-refractivity contribution in [3.05, 3.63) is 63.4 Å². The number of hydrogen-bond donors (Lipinski definition) is 1. The highest BCUT2D eigenvalue weighted by Gasteiger charge is 2.26. The monoisotopic (exact) mass is 416 g/mol. The zero-order chi connectivity index (χ0) is 21.0. The molecule has 0 aliphatic heterocycles. The number of ether oxygens (including phenoxy) is 1. The third kappa shape index (κ3) is 5.17. The van der Waals surface area contributed by atoms with Crippen molar-refractivity contribution in [3.8, 4) is 0 Å². The van der Waals surface area contributed by atoms with Crippen molar-refractivity contribution in [2.24, 2.45) is 0 Å². The Kier molecular flexibility index (Phi) is 6.23. The molecular weight excluding hydrogens is 396 g/mol. The molecule has 3 aromatic rings. The first-order valence-electron chi connectivity index (χ1n) is 8.96. The first-order valence-corrected chi connectivity index (χ1v) is 9.84. The molecule has 0 aliphatic rings. The lowest BCUT2D eigenvalue weighted by atomic mass is 10.0. The quantitative estimate of drug-likeness (QED) is 0.343. The van der Waals surface area contributed by atoms with Gasteiger partial charge in [0.25, 0.3) is 5.69 Å². The largest absolute Gasteiger partial charge is 0.463 e. The number of nitrogens with zero attached hydrogens (tertiary/aromatic N) is 3. The molecule has 1 amide bonds. The highest BCUT2D eigenvalue weighted by Crippen LogP contribution is 2.27. The van der Waals surface area contributed by atoms with Crippen molar-refractivity contribution in [2.45, 2.75) is 38.8 Å². The van der Waals surface area contributed by atoms with E-state index in [2.05, 4.69) is 10.3 Å². The summed E-state index contributed by atoms with van der Waals surface area (Å²) in [6.07, 6.45) is 3.03. The molecule has 0 saturated heterocycles. The van der Waals surface area contributed by atoms with Gasteiger partial charge >= 0.3 is 5.97 Å². The second-order valence-electron chi connectivity index (χ2n) is 6.68. The van der Waals surface area contributed by atoms with Crippen LogP contribution in [-0.4, -0.2) is 32.3 Å². The van der Waals surface area contributed by atoms with Gasteiger partial charge in [-0.15, -0.1) is 11.3 Å². The predicted octanol–water partition coefficient (Wildman–Crippen LogP) is 3.05. The lowest BCUT2D eigenvalue weighted by molar-refractivity contribution is -0.385. The summed E-state index contributed by atoms with van der Waals surface area (Å²) in [4.78, 5) is 40.8. The van der Waals surface area contributed by atoms with E-state index >= 15 is 0 Å². The van der Waals surface area contributed by atoms with Crippen molar-refractivity contribution in [3.63, 3.8) is 0 Å². The Morgan fingerprint density at radius 2 is 2.10 bits per heavy atom. The van der Waals surface area contributed by atoms with Crippen molar-refractivity contribution >= 4 is 33.9 Å². The fourth-order valence-electron chi connectivity index (χ4n) is 2.94. The van der Waals surface area contributed by atoms with E-state index in [-0.39, 0.29) is 30.2 Å². The number of amides is 1. The Hall–Kier alpha value is -3.27. The Balaban J connectivity index is 1.80. The maximum absolute atomic E-state index is 12.6. The Morgan fingerprint density at radius 1 is 1.34 bits per heavy atom. The number of hydrogen-bond acceptors (Lipinski definition) is 7. The third-order valence-electron chi connectivity index (χ3n) is 4.07. The van der Waals surface area contributed by atoms with E-state index in [0.717, 1.165) is 4.96 Å². The number of nitrogens with one attached hydrogen (secondary N) is 1. The summed E-state index contributed by atoms with van der Waals surface area (Å²) in [5.74, 6) is -0.942. The van der Waals surface area contributed by atoms with E-state index in [9.17, 15) is 19.7 Å². The lowest BCUT2D eigenvalue weighted by Gasteiger charge is -2.19. The van der Waals surface area contributed by atoms with Gasteiger partial charge in [0.1, 0.15) is 0 Å². The molecule has 1 atom stereocenters. The second kappa shape index (κ2) is 8.82. The van der Waals surface area contributed by atoms with Gasteiger partial charge in [-0.1, -0.05) is 18.2 Å². The van der Waals surface area contributed by atoms with Gasteiger partial charge < -0.3 is 10.1 Å². The van der Waals surface area contributed by atoms with E-state index in [4.69, 9.17) is 4.74 Å². The molecule has 0 aliphatic carbocycles. The minimum absolute atomic E-state index is 0.00917. The molecule has 0 radical (unpaired) electrons. The zero-order valence-corrected chi connectivity index (χ0v) is 16.7. The van der Waals surface area contributed by atoms with Crippen LogP contribution >= 0.6 is 11.3 Å². The van der Waals surface area contributed by atoms with Crippen LogP contribution in [0.4, 0.5) is 5.69 Å². The topological polar surface area (TPSA) is 116 Å². The van der Waals surface area contributed by atoms with E-state index in [1.54, 1.807) is 26.1 Å². The number of imidazole rings is 1. The minimum atomic E-state index is -0.890. The maximum Gasteiger partial charge on any atom is 0.308 e. The molecule has 152 valence electrons.